The molecule has 0 saturated heterocycles. The quantitative estimate of drug-likeness (QED) is 0.837. The third-order valence-corrected chi connectivity index (χ3v) is 3.28. The van der Waals surface area contributed by atoms with Crippen LogP contribution in [0.15, 0.2) is 42.5 Å². The molecule has 0 aromatic heterocycles. The summed E-state index contributed by atoms with van der Waals surface area (Å²) in [6.45, 7) is 6.34. The molecule has 0 unspecified atom stereocenters. The Morgan fingerprint density at radius 1 is 1.00 bits per heavy atom. The van der Waals surface area contributed by atoms with Gasteiger partial charge in [-0.3, -0.25) is 4.79 Å². The van der Waals surface area contributed by atoms with Gasteiger partial charge in [-0.1, -0.05) is 35.9 Å². The van der Waals surface area contributed by atoms with Crippen LogP contribution in [-0.4, -0.2) is 12.3 Å². The fourth-order valence-corrected chi connectivity index (χ4v) is 2.08. The molecule has 0 aliphatic heterocycles. The Morgan fingerprint density at radius 3 is 2.47 bits per heavy atom. The molecule has 0 bridgehead atoms. The molecule has 2 aromatic carbocycles. The second-order valence-electron chi connectivity index (χ2n) is 4.91. The minimum absolute atomic E-state index is 0.129. The summed E-state index contributed by atoms with van der Waals surface area (Å²) in [7, 11) is 0. The first kappa shape index (κ1) is 13.3. The molecule has 0 aliphatic carbocycles. The number of Topliss-reactive ketones (excluding diaryl/α,β-unsaturated/α-hetero) is 1. The molecule has 0 atom stereocenters. The van der Waals surface area contributed by atoms with Crippen LogP contribution in [-0.2, 0) is 0 Å². The van der Waals surface area contributed by atoms with Gasteiger partial charge in [-0.25, -0.2) is 0 Å². The Kier molecular flexibility index (Phi) is 4.00. The molecule has 0 heterocycles. The Morgan fingerprint density at radius 2 is 1.74 bits per heavy atom. The van der Waals surface area contributed by atoms with Gasteiger partial charge in [-0.15, -0.1) is 0 Å². The van der Waals surface area contributed by atoms with Crippen molar-refractivity contribution in [2.45, 2.75) is 20.8 Å². The van der Waals surface area contributed by atoms with Gasteiger partial charge in [0.2, 0.25) is 0 Å². The average Bonchev–Trinajstić information content (AvgIpc) is 2.40. The molecule has 0 spiro atoms. The van der Waals surface area contributed by atoms with E-state index in [-0.39, 0.29) is 5.78 Å². The monoisotopic (exact) mass is 253 g/mol. The van der Waals surface area contributed by atoms with E-state index in [9.17, 15) is 4.79 Å². The normalized spacial score (nSPS) is 10.3. The van der Waals surface area contributed by atoms with Gasteiger partial charge in [0.15, 0.2) is 5.78 Å². The Balaban J connectivity index is 2.10. The SMILES string of the molecule is Cc1ccc(C)c(C(=O)CNc2ccccc2C)c1. The number of carbonyl (C=O) groups excluding carboxylic acids is 1. The molecule has 0 radical (unpaired) electrons. The first-order valence-corrected chi connectivity index (χ1v) is 6.48. The van der Waals surface area contributed by atoms with Gasteiger partial charge in [-0.05, 0) is 44.0 Å². The summed E-state index contributed by atoms with van der Waals surface area (Å²) >= 11 is 0. The van der Waals surface area contributed by atoms with Crippen molar-refractivity contribution in [3.8, 4) is 0 Å². The number of ketones is 1. The molecule has 1 N–H and O–H groups in total. The molecule has 0 fully saturated rings. The van der Waals surface area contributed by atoms with Crippen molar-refractivity contribution in [3.05, 3.63) is 64.7 Å². The largest absolute Gasteiger partial charge is 0.377 e. The number of para-hydroxylation sites is 1. The van der Waals surface area contributed by atoms with Crippen LogP contribution in [0.2, 0.25) is 0 Å². The highest BCUT2D eigenvalue weighted by Gasteiger charge is 2.09. The average molecular weight is 253 g/mol. The number of benzene rings is 2. The van der Waals surface area contributed by atoms with E-state index in [1.54, 1.807) is 0 Å². The van der Waals surface area contributed by atoms with E-state index in [1.165, 1.54) is 0 Å². The minimum Gasteiger partial charge on any atom is -0.377 e. The lowest BCUT2D eigenvalue weighted by atomic mass is 10.0. The summed E-state index contributed by atoms with van der Waals surface area (Å²) in [5, 5.41) is 3.21. The van der Waals surface area contributed by atoms with Crippen molar-refractivity contribution in [1.29, 1.82) is 0 Å². The number of anilines is 1. The molecule has 2 nitrogen and oxygen atoms in total. The molecule has 2 rings (SSSR count). The molecular weight excluding hydrogens is 234 g/mol. The van der Waals surface area contributed by atoms with Crippen molar-refractivity contribution in [2.24, 2.45) is 0 Å². The molecule has 0 saturated carbocycles. The summed E-state index contributed by atoms with van der Waals surface area (Å²) in [4.78, 5) is 12.2. The number of hydrogen-bond acceptors (Lipinski definition) is 2. The highest BCUT2D eigenvalue weighted by molar-refractivity contribution is 6.00. The van der Waals surface area contributed by atoms with Gasteiger partial charge in [0.1, 0.15) is 0 Å². The fraction of sp³-hybridized carbons (Fsp3) is 0.235. The molecule has 2 heteroatoms. The van der Waals surface area contributed by atoms with Crippen LogP contribution in [0.25, 0.3) is 0 Å². The highest BCUT2D eigenvalue weighted by Crippen LogP contribution is 2.15. The van der Waals surface area contributed by atoms with Crippen LogP contribution >= 0.6 is 0 Å². The van der Waals surface area contributed by atoms with Gasteiger partial charge < -0.3 is 5.32 Å². The number of aryl methyl sites for hydroxylation is 3. The van der Waals surface area contributed by atoms with Crippen molar-refractivity contribution in [2.75, 3.05) is 11.9 Å². The fourth-order valence-electron chi connectivity index (χ4n) is 2.08. The number of carbonyl (C=O) groups is 1. The summed E-state index contributed by atoms with van der Waals surface area (Å²) in [5.74, 6) is 0.129. The van der Waals surface area contributed by atoms with Crippen molar-refractivity contribution < 1.29 is 4.79 Å². The zero-order valence-electron chi connectivity index (χ0n) is 11.7. The molecular formula is C17H19NO. The van der Waals surface area contributed by atoms with Crippen molar-refractivity contribution in [1.82, 2.24) is 0 Å². The van der Waals surface area contributed by atoms with E-state index in [2.05, 4.69) is 5.32 Å². The molecule has 98 valence electrons. The third-order valence-electron chi connectivity index (χ3n) is 3.28. The van der Waals surface area contributed by atoms with Crippen LogP contribution in [0.4, 0.5) is 5.69 Å². The van der Waals surface area contributed by atoms with Crippen LogP contribution < -0.4 is 5.32 Å². The molecule has 19 heavy (non-hydrogen) atoms. The maximum absolute atomic E-state index is 12.2. The number of hydrogen-bond donors (Lipinski definition) is 1. The second kappa shape index (κ2) is 5.70. The van der Waals surface area contributed by atoms with E-state index < -0.39 is 0 Å². The van der Waals surface area contributed by atoms with Crippen LogP contribution in [0.5, 0.6) is 0 Å². The Bertz CT molecular complexity index is 602. The summed E-state index contributed by atoms with van der Waals surface area (Å²) in [6.07, 6.45) is 0. The first-order chi connectivity index (χ1) is 9.08. The van der Waals surface area contributed by atoms with Gasteiger partial charge in [0, 0.05) is 11.3 Å². The minimum atomic E-state index is 0.129. The number of nitrogens with one attached hydrogen (secondary N) is 1. The predicted octanol–water partition coefficient (Wildman–Crippen LogP) is 3.91. The first-order valence-electron chi connectivity index (χ1n) is 6.48. The molecule has 0 aliphatic rings. The van der Waals surface area contributed by atoms with Crippen molar-refractivity contribution in [3.63, 3.8) is 0 Å². The van der Waals surface area contributed by atoms with Crippen LogP contribution in [0.1, 0.15) is 27.0 Å². The Labute approximate surface area is 114 Å². The zero-order chi connectivity index (χ0) is 13.8. The topological polar surface area (TPSA) is 29.1 Å². The smallest absolute Gasteiger partial charge is 0.182 e. The lowest BCUT2D eigenvalue weighted by molar-refractivity contribution is 0.101. The van der Waals surface area contributed by atoms with Gasteiger partial charge >= 0.3 is 0 Å². The van der Waals surface area contributed by atoms with Crippen LogP contribution in [0.3, 0.4) is 0 Å². The maximum atomic E-state index is 12.2. The Hall–Kier alpha value is -2.09. The second-order valence-corrected chi connectivity index (χ2v) is 4.91. The van der Waals surface area contributed by atoms with Crippen molar-refractivity contribution >= 4 is 11.5 Å². The van der Waals surface area contributed by atoms with E-state index in [0.29, 0.717) is 6.54 Å². The lowest BCUT2D eigenvalue weighted by Crippen LogP contribution is -2.15. The molecule has 0 amide bonds. The summed E-state index contributed by atoms with van der Waals surface area (Å²) in [5.41, 5.74) is 5.12. The van der Waals surface area contributed by atoms with E-state index in [0.717, 1.165) is 27.9 Å². The summed E-state index contributed by atoms with van der Waals surface area (Å²) in [6, 6.07) is 14.0. The van der Waals surface area contributed by atoms with Gasteiger partial charge in [0.05, 0.1) is 6.54 Å². The number of rotatable bonds is 4. The standard InChI is InChI=1S/C17H19NO/c1-12-8-9-13(2)15(10-12)17(19)11-18-16-7-5-4-6-14(16)3/h4-10,18H,11H2,1-3H3. The predicted molar refractivity (Wildman–Crippen MR) is 79.9 cm³/mol. The lowest BCUT2D eigenvalue weighted by Gasteiger charge is -2.10. The third kappa shape index (κ3) is 3.22. The molecule has 2 aromatic rings. The van der Waals surface area contributed by atoms with Gasteiger partial charge in [0.25, 0.3) is 0 Å². The van der Waals surface area contributed by atoms with E-state index >= 15 is 0 Å². The highest BCUT2D eigenvalue weighted by atomic mass is 16.1. The van der Waals surface area contributed by atoms with E-state index in [4.69, 9.17) is 0 Å². The van der Waals surface area contributed by atoms with Crippen LogP contribution in [0, 0.1) is 20.8 Å². The maximum Gasteiger partial charge on any atom is 0.182 e. The zero-order valence-corrected chi connectivity index (χ0v) is 11.7. The van der Waals surface area contributed by atoms with E-state index in [1.807, 2.05) is 63.2 Å². The van der Waals surface area contributed by atoms with Gasteiger partial charge in [-0.2, -0.15) is 0 Å². The summed E-state index contributed by atoms with van der Waals surface area (Å²) < 4.78 is 0.